The van der Waals surface area contributed by atoms with Gasteiger partial charge in [-0.25, -0.2) is 0 Å². The Labute approximate surface area is 209 Å². The maximum absolute atomic E-state index is 13.7. The second kappa shape index (κ2) is 11.2. The number of amides is 1. The van der Waals surface area contributed by atoms with Crippen molar-refractivity contribution in [3.8, 4) is 5.75 Å². The number of likely N-dealkylation sites (tertiary alicyclic amines) is 1. The predicted molar refractivity (Wildman–Crippen MR) is 132 cm³/mol. The molecule has 1 amide bonds. The molecule has 0 aliphatic carbocycles. The number of rotatable bonds is 6. The van der Waals surface area contributed by atoms with E-state index in [-0.39, 0.29) is 23.3 Å². The lowest BCUT2D eigenvalue weighted by Gasteiger charge is -2.30. The number of halogens is 3. The molecular formula is C26H32F3N3O2S. The van der Waals surface area contributed by atoms with Crippen molar-refractivity contribution >= 4 is 17.7 Å². The van der Waals surface area contributed by atoms with Crippen LogP contribution >= 0.6 is 11.8 Å². The molecule has 2 atom stereocenters. The summed E-state index contributed by atoms with van der Waals surface area (Å²) in [7, 11) is 3.66. The molecule has 2 aromatic carbocycles. The van der Waals surface area contributed by atoms with E-state index < -0.39 is 17.8 Å². The molecule has 0 bridgehead atoms. The molecule has 190 valence electrons. The molecule has 0 unspecified atom stereocenters. The Morgan fingerprint density at radius 2 is 1.80 bits per heavy atom. The molecule has 2 aromatic rings. The first-order chi connectivity index (χ1) is 16.7. The molecule has 2 saturated heterocycles. The molecule has 0 aromatic heterocycles. The number of hydrogen-bond donors (Lipinski definition) is 0. The van der Waals surface area contributed by atoms with Gasteiger partial charge in [0.25, 0.3) is 0 Å². The summed E-state index contributed by atoms with van der Waals surface area (Å²) in [4.78, 5) is 20.8. The maximum Gasteiger partial charge on any atom is 0.416 e. The zero-order chi connectivity index (χ0) is 25.0. The van der Waals surface area contributed by atoms with Gasteiger partial charge in [-0.2, -0.15) is 13.2 Å². The minimum Gasteiger partial charge on any atom is -0.497 e. The standard InChI is InChI=1S/C26H32F3N3O2S/c1-30-12-5-13-31(15-14-30)25(33)24-16-22(35-21-10-8-20(34-2)9-11-21)18-32(24)17-19-6-3-4-7-23(19)26(27,28)29/h3-4,6-11,22,24H,5,12-18H2,1-2H3/t22-,24+/m1/s1. The molecule has 5 nitrogen and oxygen atoms in total. The molecule has 2 fully saturated rings. The number of hydrogen-bond acceptors (Lipinski definition) is 5. The zero-order valence-corrected chi connectivity index (χ0v) is 20.9. The number of benzene rings is 2. The van der Waals surface area contributed by atoms with Gasteiger partial charge >= 0.3 is 6.18 Å². The fraction of sp³-hybridized carbons (Fsp3) is 0.500. The van der Waals surface area contributed by atoms with Crippen LogP contribution in [0.4, 0.5) is 13.2 Å². The van der Waals surface area contributed by atoms with Gasteiger partial charge in [0.1, 0.15) is 5.75 Å². The van der Waals surface area contributed by atoms with E-state index >= 15 is 0 Å². The molecule has 4 rings (SSSR count). The maximum atomic E-state index is 13.7. The lowest BCUT2D eigenvalue weighted by Crippen LogP contribution is -2.46. The van der Waals surface area contributed by atoms with Crippen LogP contribution in [0.3, 0.4) is 0 Å². The van der Waals surface area contributed by atoms with Crippen LogP contribution in [0, 0.1) is 0 Å². The third kappa shape index (κ3) is 6.51. The van der Waals surface area contributed by atoms with Crippen molar-refractivity contribution in [2.24, 2.45) is 0 Å². The van der Waals surface area contributed by atoms with Gasteiger partial charge in [0, 0.05) is 42.9 Å². The summed E-state index contributed by atoms with van der Waals surface area (Å²) in [6, 6.07) is 13.0. The lowest BCUT2D eigenvalue weighted by atomic mass is 10.1. The first kappa shape index (κ1) is 25.9. The first-order valence-electron chi connectivity index (χ1n) is 11.9. The van der Waals surface area contributed by atoms with E-state index in [9.17, 15) is 18.0 Å². The van der Waals surface area contributed by atoms with Crippen molar-refractivity contribution in [1.29, 1.82) is 0 Å². The number of nitrogens with zero attached hydrogens (tertiary/aromatic N) is 3. The molecule has 0 spiro atoms. The molecule has 9 heteroatoms. The van der Waals surface area contributed by atoms with Crippen LogP contribution in [0.15, 0.2) is 53.4 Å². The summed E-state index contributed by atoms with van der Waals surface area (Å²) >= 11 is 1.67. The Bertz CT molecular complexity index is 1000. The molecule has 0 saturated carbocycles. The topological polar surface area (TPSA) is 36.0 Å². The number of thioether (sulfide) groups is 1. The number of carbonyl (C=O) groups excluding carboxylic acids is 1. The van der Waals surface area contributed by atoms with Crippen molar-refractivity contribution in [2.45, 2.75) is 41.7 Å². The minimum absolute atomic E-state index is 0.0302. The SMILES string of the molecule is COc1ccc(S[C@@H]2C[C@@H](C(=O)N3CCCN(C)CC3)N(Cc3ccccc3C(F)(F)F)C2)cc1. The molecule has 2 aliphatic heterocycles. The van der Waals surface area contributed by atoms with E-state index in [0.29, 0.717) is 26.1 Å². The van der Waals surface area contributed by atoms with Crippen molar-refractivity contribution in [1.82, 2.24) is 14.7 Å². The molecule has 2 heterocycles. The Morgan fingerprint density at radius 3 is 2.51 bits per heavy atom. The van der Waals surface area contributed by atoms with Gasteiger partial charge in [-0.3, -0.25) is 9.69 Å². The summed E-state index contributed by atoms with van der Waals surface area (Å²) in [5.41, 5.74) is -0.419. The predicted octanol–water partition coefficient (Wildman–Crippen LogP) is 4.61. The van der Waals surface area contributed by atoms with Crippen molar-refractivity contribution in [3.05, 3.63) is 59.7 Å². The average molecular weight is 508 g/mol. The largest absolute Gasteiger partial charge is 0.497 e. The van der Waals surface area contributed by atoms with Crippen LogP contribution in [0.2, 0.25) is 0 Å². The highest BCUT2D eigenvalue weighted by Gasteiger charge is 2.41. The van der Waals surface area contributed by atoms with Gasteiger partial charge < -0.3 is 14.5 Å². The van der Waals surface area contributed by atoms with Crippen LogP contribution in [0.5, 0.6) is 5.75 Å². The highest BCUT2D eigenvalue weighted by molar-refractivity contribution is 8.00. The Balaban J connectivity index is 1.55. The lowest BCUT2D eigenvalue weighted by molar-refractivity contribution is -0.138. The summed E-state index contributed by atoms with van der Waals surface area (Å²) in [5, 5.41) is 0.102. The highest BCUT2D eigenvalue weighted by Crippen LogP contribution is 2.37. The van der Waals surface area contributed by atoms with Crippen LogP contribution in [0.25, 0.3) is 0 Å². The first-order valence-corrected chi connectivity index (χ1v) is 12.8. The molecular weight excluding hydrogens is 475 g/mol. The minimum atomic E-state index is -4.43. The molecule has 0 N–H and O–H groups in total. The van der Waals surface area contributed by atoms with Gasteiger partial charge in [0.2, 0.25) is 5.91 Å². The number of likely N-dealkylation sites (N-methyl/N-ethyl adjacent to an activating group) is 1. The van der Waals surface area contributed by atoms with E-state index in [4.69, 9.17) is 4.74 Å². The van der Waals surface area contributed by atoms with E-state index in [0.717, 1.165) is 36.2 Å². The Kier molecular flexibility index (Phi) is 8.29. The van der Waals surface area contributed by atoms with E-state index in [1.807, 2.05) is 41.1 Å². The number of ether oxygens (including phenoxy) is 1. The van der Waals surface area contributed by atoms with Crippen LogP contribution in [0.1, 0.15) is 24.0 Å². The highest BCUT2D eigenvalue weighted by atomic mass is 32.2. The van der Waals surface area contributed by atoms with Crippen LogP contribution in [-0.2, 0) is 17.5 Å². The van der Waals surface area contributed by atoms with Gasteiger partial charge in [-0.15, -0.1) is 11.8 Å². The van der Waals surface area contributed by atoms with Crippen molar-refractivity contribution in [2.75, 3.05) is 46.9 Å². The third-order valence-corrected chi connectivity index (χ3v) is 7.96. The fourth-order valence-electron chi connectivity index (χ4n) is 4.86. The van der Waals surface area contributed by atoms with Crippen molar-refractivity contribution in [3.63, 3.8) is 0 Å². The summed E-state index contributed by atoms with van der Waals surface area (Å²) in [5.74, 6) is 0.799. The average Bonchev–Trinajstić information content (AvgIpc) is 3.09. The van der Waals surface area contributed by atoms with E-state index in [2.05, 4.69) is 4.90 Å². The smallest absolute Gasteiger partial charge is 0.416 e. The monoisotopic (exact) mass is 507 g/mol. The van der Waals surface area contributed by atoms with E-state index in [1.54, 1.807) is 24.9 Å². The summed E-state index contributed by atoms with van der Waals surface area (Å²) in [6.07, 6.45) is -2.92. The summed E-state index contributed by atoms with van der Waals surface area (Å²) < 4.78 is 46.2. The van der Waals surface area contributed by atoms with Crippen LogP contribution in [-0.4, -0.2) is 78.8 Å². The van der Waals surface area contributed by atoms with Gasteiger partial charge in [0.15, 0.2) is 0 Å². The van der Waals surface area contributed by atoms with Gasteiger partial charge in [-0.1, -0.05) is 18.2 Å². The number of alkyl halides is 3. The van der Waals surface area contributed by atoms with Gasteiger partial charge in [-0.05, 0) is 62.3 Å². The normalized spacial score (nSPS) is 22.3. The Hall–Kier alpha value is -2.23. The van der Waals surface area contributed by atoms with Crippen molar-refractivity contribution < 1.29 is 22.7 Å². The number of methoxy groups -OCH3 is 1. The molecule has 0 radical (unpaired) electrons. The quantitative estimate of drug-likeness (QED) is 0.571. The third-order valence-electron chi connectivity index (χ3n) is 6.74. The molecule has 35 heavy (non-hydrogen) atoms. The molecule has 2 aliphatic rings. The number of carbonyl (C=O) groups is 1. The Morgan fingerprint density at radius 1 is 1.06 bits per heavy atom. The fourth-order valence-corrected chi connectivity index (χ4v) is 6.08. The zero-order valence-electron chi connectivity index (χ0n) is 20.1. The second-order valence-electron chi connectivity index (χ2n) is 9.23. The summed E-state index contributed by atoms with van der Waals surface area (Å²) in [6.45, 7) is 3.72. The second-order valence-corrected chi connectivity index (χ2v) is 10.6. The van der Waals surface area contributed by atoms with Gasteiger partial charge in [0.05, 0.1) is 18.7 Å². The van der Waals surface area contributed by atoms with Crippen LogP contribution < -0.4 is 4.74 Å². The van der Waals surface area contributed by atoms with E-state index in [1.165, 1.54) is 12.1 Å².